The lowest BCUT2D eigenvalue weighted by Crippen LogP contribution is -1.79. The Morgan fingerprint density at radius 1 is 1.10 bits per heavy atom. The molecular weight excluding hydrogens is 264 g/mol. The second kappa shape index (κ2) is 9.17. The summed E-state index contributed by atoms with van der Waals surface area (Å²) in [5.41, 5.74) is 3.48. The number of rotatable bonds is 7. The zero-order chi connectivity index (χ0) is 14.8. The fraction of sp³-hybridized carbons (Fsp3) is 0.158. The van der Waals surface area contributed by atoms with Gasteiger partial charge in [0.25, 0.3) is 0 Å². The fourth-order valence-electron chi connectivity index (χ4n) is 1.71. The summed E-state index contributed by atoms with van der Waals surface area (Å²) in [6.45, 7) is 9.54. The summed E-state index contributed by atoms with van der Waals surface area (Å²) in [6.07, 6.45) is 13.5. The van der Waals surface area contributed by atoms with Crippen LogP contribution in [0.5, 0.6) is 0 Å². The number of hydrogen-bond acceptors (Lipinski definition) is 0. The molecule has 0 radical (unpaired) electrons. The second-order valence-electron chi connectivity index (χ2n) is 4.35. The van der Waals surface area contributed by atoms with Gasteiger partial charge in [0, 0.05) is 5.03 Å². The summed E-state index contributed by atoms with van der Waals surface area (Å²) in [4.78, 5) is 0. The predicted octanol–water partition coefficient (Wildman–Crippen LogP) is 6.07. The molecule has 1 aromatic rings. The van der Waals surface area contributed by atoms with Crippen LogP contribution < -0.4 is 0 Å². The molecule has 0 fully saturated rings. The Balaban J connectivity index is 2.56. The van der Waals surface area contributed by atoms with Crippen molar-refractivity contribution in [2.45, 2.75) is 19.8 Å². The second-order valence-corrected chi connectivity index (χ2v) is 4.75. The molecule has 0 aromatic heterocycles. The van der Waals surface area contributed by atoms with Crippen LogP contribution in [0.25, 0.3) is 6.08 Å². The first-order valence-electron chi connectivity index (χ1n) is 6.78. The van der Waals surface area contributed by atoms with Gasteiger partial charge < -0.3 is 0 Å². The van der Waals surface area contributed by atoms with Crippen LogP contribution in [0.1, 0.15) is 24.5 Å². The van der Waals surface area contributed by atoms with Crippen LogP contribution in [0.4, 0.5) is 0 Å². The van der Waals surface area contributed by atoms with E-state index in [1.165, 1.54) is 11.1 Å². The minimum atomic E-state index is 0.621. The molecule has 1 aromatic carbocycles. The van der Waals surface area contributed by atoms with E-state index in [0.29, 0.717) is 5.03 Å². The maximum Gasteiger partial charge on any atom is 0.0472 e. The third kappa shape index (κ3) is 5.46. The molecule has 0 aliphatic heterocycles. The van der Waals surface area contributed by atoms with Gasteiger partial charge in [-0.25, -0.2) is 0 Å². The van der Waals surface area contributed by atoms with Crippen molar-refractivity contribution in [2.24, 2.45) is 0 Å². The maximum absolute atomic E-state index is 5.99. The number of halogens is 1. The van der Waals surface area contributed by atoms with E-state index in [2.05, 4.69) is 62.6 Å². The van der Waals surface area contributed by atoms with Crippen molar-refractivity contribution in [1.29, 1.82) is 0 Å². The zero-order valence-electron chi connectivity index (χ0n) is 12.0. The first kappa shape index (κ1) is 16.3. The maximum atomic E-state index is 5.99. The first-order valence-corrected chi connectivity index (χ1v) is 7.15. The molecule has 0 saturated heterocycles. The fourth-order valence-corrected chi connectivity index (χ4v) is 1.85. The van der Waals surface area contributed by atoms with Crippen molar-refractivity contribution in [2.75, 3.05) is 0 Å². The summed E-state index contributed by atoms with van der Waals surface area (Å²) in [7, 11) is 0. The van der Waals surface area contributed by atoms with E-state index >= 15 is 0 Å². The van der Waals surface area contributed by atoms with Crippen molar-refractivity contribution >= 4 is 17.7 Å². The number of hydrogen-bond donors (Lipinski definition) is 0. The molecule has 0 unspecified atom stereocenters. The monoisotopic (exact) mass is 284 g/mol. The standard InChI is InChI=1S/C19H21Cl/c1-4-16-12-14-17(15-13-16)10-8-7-9-11-18(5-2)19(20)6-3/h5-6,8-15H,2-4,7H2,1H3/b10-8+,11-9-,19-18+. The van der Waals surface area contributed by atoms with Gasteiger partial charge in [0.2, 0.25) is 0 Å². The third-order valence-electron chi connectivity index (χ3n) is 2.94. The highest BCUT2D eigenvalue weighted by atomic mass is 35.5. The summed E-state index contributed by atoms with van der Waals surface area (Å²) >= 11 is 5.99. The first-order chi connectivity index (χ1) is 9.71. The molecule has 1 rings (SSSR count). The predicted molar refractivity (Wildman–Crippen MR) is 91.9 cm³/mol. The smallest absolute Gasteiger partial charge is 0.0472 e. The summed E-state index contributed by atoms with van der Waals surface area (Å²) in [5.74, 6) is 0. The van der Waals surface area contributed by atoms with Gasteiger partial charge in [0.05, 0.1) is 0 Å². The molecule has 104 valence electrons. The molecule has 0 nitrogen and oxygen atoms in total. The van der Waals surface area contributed by atoms with Crippen molar-refractivity contribution in [3.8, 4) is 0 Å². The van der Waals surface area contributed by atoms with Gasteiger partial charge >= 0.3 is 0 Å². The van der Waals surface area contributed by atoms with E-state index in [0.717, 1.165) is 18.4 Å². The highest BCUT2D eigenvalue weighted by Crippen LogP contribution is 2.13. The van der Waals surface area contributed by atoms with Crippen molar-refractivity contribution in [3.05, 3.63) is 89.5 Å². The van der Waals surface area contributed by atoms with Gasteiger partial charge in [-0.1, -0.05) is 92.4 Å². The molecule has 0 spiro atoms. The van der Waals surface area contributed by atoms with Gasteiger partial charge in [-0.15, -0.1) is 0 Å². The van der Waals surface area contributed by atoms with Gasteiger partial charge in [0.15, 0.2) is 0 Å². The van der Waals surface area contributed by atoms with Crippen LogP contribution in [0.2, 0.25) is 0 Å². The number of allylic oxidation sites excluding steroid dienone is 7. The Labute approximate surface area is 127 Å². The van der Waals surface area contributed by atoms with Crippen LogP contribution >= 0.6 is 11.6 Å². The molecule has 0 aliphatic rings. The van der Waals surface area contributed by atoms with E-state index in [1.54, 1.807) is 12.2 Å². The van der Waals surface area contributed by atoms with Crippen LogP contribution in [0.3, 0.4) is 0 Å². The molecule has 0 amide bonds. The minimum Gasteiger partial charge on any atom is -0.0984 e. The van der Waals surface area contributed by atoms with E-state index < -0.39 is 0 Å². The molecule has 0 N–H and O–H groups in total. The third-order valence-corrected chi connectivity index (χ3v) is 3.32. The van der Waals surface area contributed by atoms with Crippen molar-refractivity contribution in [3.63, 3.8) is 0 Å². The summed E-state index contributed by atoms with van der Waals surface area (Å²) < 4.78 is 0. The van der Waals surface area contributed by atoms with E-state index in [-0.39, 0.29) is 0 Å². The molecule has 1 heteroatoms. The lowest BCUT2D eigenvalue weighted by atomic mass is 10.1. The highest BCUT2D eigenvalue weighted by molar-refractivity contribution is 6.31. The molecule has 0 aliphatic carbocycles. The van der Waals surface area contributed by atoms with Gasteiger partial charge in [-0.05, 0) is 29.5 Å². The normalized spacial score (nSPS) is 12.7. The number of benzene rings is 1. The topological polar surface area (TPSA) is 0 Å². The lowest BCUT2D eigenvalue weighted by molar-refractivity contribution is 1.14. The van der Waals surface area contributed by atoms with Crippen LogP contribution in [0, 0.1) is 0 Å². The lowest BCUT2D eigenvalue weighted by Gasteiger charge is -1.97. The average molecular weight is 285 g/mol. The van der Waals surface area contributed by atoms with Crippen molar-refractivity contribution in [1.82, 2.24) is 0 Å². The zero-order valence-corrected chi connectivity index (χ0v) is 12.7. The average Bonchev–Trinajstić information content (AvgIpc) is 2.50. The quantitative estimate of drug-likeness (QED) is 0.533. The SMILES string of the molecule is C=C/C(Cl)=C(C=C)\C=C/C/C=C/c1ccc(CC)cc1. The largest absolute Gasteiger partial charge is 0.0984 e. The Morgan fingerprint density at radius 2 is 1.80 bits per heavy atom. The highest BCUT2D eigenvalue weighted by Gasteiger charge is 1.91. The van der Waals surface area contributed by atoms with Crippen molar-refractivity contribution < 1.29 is 0 Å². The van der Waals surface area contributed by atoms with E-state index in [9.17, 15) is 0 Å². The molecule has 0 bridgehead atoms. The molecule has 0 atom stereocenters. The molecule has 0 heterocycles. The Hall–Kier alpha value is -1.79. The summed E-state index contributed by atoms with van der Waals surface area (Å²) in [5, 5.41) is 0.621. The molecular formula is C19H21Cl. The minimum absolute atomic E-state index is 0.621. The van der Waals surface area contributed by atoms with Crippen LogP contribution in [-0.2, 0) is 6.42 Å². The Kier molecular flexibility index (Phi) is 7.46. The van der Waals surface area contributed by atoms with Crippen LogP contribution in [0.15, 0.2) is 78.4 Å². The van der Waals surface area contributed by atoms with E-state index in [1.807, 2.05) is 6.08 Å². The van der Waals surface area contributed by atoms with Gasteiger partial charge in [-0.3, -0.25) is 0 Å². The molecule has 20 heavy (non-hydrogen) atoms. The molecule has 0 saturated carbocycles. The van der Waals surface area contributed by atoms with Gasteiger partial charge in [0.1, 0.15) is 0 Å². The Bertz CT molecular complexity index is 527. The van der Waals surface area contributed by atoms with Gasteiger partial charge in [-0.2, -0.15) is 0 Å². The van der Waals surface area contributed by atoms with E-state index in [4.69, 9.17) is 11.6 Å². The van der Waals surface area contributed by atoms with Crippen LogP contribution in [-0.4, -0.2) is 0 Å². The Morgan fingerprint density at radius 3 is 2.35 bits per heavy atom. The summed E-state index contributed by atoms with van der Waals surface area (Å²) in [6, 6.07) is 8.61. The number of aryl methyl sites for hydroxylation is 1.